The number of nitrogens with zero attached hydrogens (tertiary/aromatic N) is 1. The van der Waals surface area contributed by atoms with Crippen LogP contribution in [-0.2, 0) is 27.8 Å². The Kier molecular flexibility index (Phi) is 4.78. The molecule has 25 heavy (non-hydrogen) atoms. The highest BCUT2D eigenvalue weighted by molar-refractivity contribution is 7.89. The van der Waals surface area contributed by atoms with Gasteiger partial charge >= 0.3 is 0 Å². The van der Waals surface area contributed by atoms with Crippen molar-refractivity contribution < 1.29 is 13.2 Å². The van der Waals surface area contributed by atoms with Crippen LogP contribution in [0.25, 0.3) is 0 Å². The fourth-order valence-corrected chi connectivity index (χ4v) is 3.59. The fourth-order valence-electron chi connectivity index (χ4n) is 3.08. The van der Waals surface area contributed by atoms with Crippen LogP contribution in [0.1, 0.15) is 18.1 Å². The standard InChI is InChI=1S/C18H21N3O3S/c1-13-10-15-4-2-3-5-17(15)21(13)12-18(22)20-11-14-6-8-16(9-7-14)25(19,23)24/h2-9,13H,10-12H2,1H3,(H,20,22)(H2,19,23,24)/t13-/m1/s1. The first-order valence-corrected chi connectivity index (χ1v) is 9.62. The second kappa shape index (κ2) is 6.85. The van der Waals surface area contributed by atoms with Crippen LogP contribution in [0.5, 0.6) is 0 Å². The molecule has 2 aromatic rings. The van der Waals surface area contributed by atoms with E-state index in [2.05, 4.69) is 23.2 Å². The number of carbonyl (C=O) groups excluding carboxylic acids is 1. The molecule has 0 spiro atoms. The van der Waals surface area contributed by atoms with Crippen molar-refractivity contribution in [2.45, 2.75) is 30.8 Å². The van der Waals surface area contributed by atoms with Gasteiger partial charge in [-0.3, -0.25) is 4.79 Å². The molecule has 0 saturated carbocycles. The molecule has 0 aromatic heterocycles. The minimum Gasteiger partial charge on any atom is -0.359 e. The van der Waals surface area contributed by atoms with Gasteiger partial charge in [-0.2, -0.15) is 0 Å². The predicted molar refractivity (Wildman–Crippen MR) is 96.6 cm³/mol. The normalized spacial score (nSPS) is 16.6. The molecule has 2 aromatic carbocycles. The van der Waals surface area contributed by atoms with Crippen LogP contribution in [0.15, 0.2) is 53.4 Å². The highest BCUT2D eigenvalue weighted by Crippen LogP contribution is 2.31. The van der Waals surface area contributed by atoms with Crippen molar-refractivity contribution in [2.24, 2.45) is 5.14 Å². The van der Waals surface area contributed by atoms with Crippen molar-refractivity contribution in [2.75, 3.05) is 11.4 Å². The van der Waals surface area contributed by atoms with Crippen molar-refractivity contribution in [1.82, 2.24) is 5.32 Å². The highest BCUT2D eigenvalue weighted by atomic mass is 32.2. The Morgan fingerprint density at radius 2 is 1.88 bits per heavy atom. The predicted octanol–water partition coefficient (Wildman–Crippen LogP) is 1.40. The molecule has 0 fully saturated rings. The Balaban J connectivity index is 1.59. The molecule has 132 valence electrons. The van der Waals surface area contributed by atoms with Crippen LogP contribution in [0.2, 0.25) is 0 Å². The van der Waals surface area contributed by atoms with Crippen molar-refractivity contribution in [3.8, 4) is 0 Å². The van der Waals surface area contributed by atoms with E-state index in [0.717, 1.165) is 17.7 Å². The Hall–Kier alpha value is -2.38. The largest absolute Gasteiger partial charge is 0.359 e. The van der Waals surface area contributed by atoms with Gasteiger partial charge in [-0.15, -0.1) is 0 Å². The quantitative estimate of drug-likeness (QED) is 0.844. The first-order valence-electron chi connectivity index (χ1n) is 8.07. The van der Waals surface area contributed by atoms with Gasteiger partial charge in [-0.1, -0.05) is 30.3 Å². The maximum absolute atomic E-state index is 12.3. The number of carbonyl (C=O) groups is 1. The molecule has 0 unspecified atom stereocenters. The number of primary sulfonamides is 1. The zero-order valence-electron chi connectivity index (χ0n) is 14.0. The molecule has 7 heteroatoms. The first kappa shape index (κ1) is 17.4. The topological polar surface area (TPSA) is 92.5 Å². The van der Waals surface area contributed by atoms with Crippen LogP contribution >= 0.6 is 0 Å². The summed E-state index contributed by atoms with van der Waals surface area (Å²) >= 11 is 0. The van der Waals surface area contributed by atoms with E-state index in [1.165, 1.54) is 17.7 Å². The first-order chi connectivity index (χ1) is 11.8. The summed E-state index contributed by atoms with van der Waals surface area (Å²) in [5.74, 6) is -0.0703. The smallest absolute Gasteiger partial charge is 0.239 e. The molecular formula is C18H21N3O3S. The minimum absolute atomic E-state index is 0.0603. The summed E-state index contributed by atoms with van der Waals surface area (Å²) in [4.78, 5) is 14.5. The Labute approximate surface area is 147 Å². The molecule has 0 saturated heterocycles. The summed E-state index contributed by atoms with van der Waals surface area (Å²) in [6.07, 6.45) is 0.943. The van der Waals surface area contributed by atoms with E-state index in [-0.39, 0.29) is 16.8 Å². The number of amides is 1. The van der Waals surface area contributed by atoms with Gasteiger partial charge < -0.3 is 10.2 Å². The van der Waals surface area contributed by atoms with Crippen molar-refractivity contribution in [3.63, 3.8) is 0 Å². The van der Waals surface area contributed by atoms with Crippen molar-refractivity contribution >= 4 is 21.6 Å². The van der Waals surface area contributed by atoms with E-state index >= 15 is 0 Å². The maximum atomic E-state index is 12.3. The second-order valence-corrected chi connectivity index (χ2v) is 7.84. The summed E-state index contributed by atoms with van der Waals surface area (Å²) < 4.78 is 22.5. The average molecular weight is 359 g/mol. The van der Waals surface area contributed by atoms with E-state index < -0.39 is 10.0 Å². The summed E-state index contributed by atoms with van der Waals surface area (Å²) in [6, 6.07) is 14.6. The molecule has 1 aliphatic rings. The summed E-state index contributed by atoms with van der Waals surface area (Å²) in [5, 5.41) is 7.94. The van der Waals surface area contributed by atoms with Gasteiger partial charge in [0.05, 0.1) is 11.4 Å². The Bertz CT molecular complexity index is 879. The van der Waals surface area contributed by atoms with E-state index in [0.29, 0.717) is 13.1 Å². The zero-order chi connectivity index (χ0) is 18.0. The number of benzene rings is 2. The Morgan fingerprint density at radius 3 is 2.56 bits per heavy atom. The van der Waals surface area contributed by atoms with Crippen LogP contribution in [0, 0.1) is 0 Å². The van der Waals surface area contributed by atoms with E-state index in [9.17, 15) is 13.2 Å². The van der Waals surface area contributed by atoms with Gasteiger partial charge in [0.15, 0.2) is 0 Å². The molecule has 3 rings (SSSR count). The molecule has 1 aliphatic heterocycles. The van der Waals surface area contributed by atoms with Crippen LogP contribution < -0.4 is 15.4 Å². The molecule has 6 nitrogen and oxygen atoms in total. The van der Waals surface area contributed by atoms with Crippen LogP contribution in [0.4, 0.5) is 5.69 Å². The molecule has 1 heterocycles. The SMILES string of the molecule is C[C@@H]1Cc2ccccc2N1CC(=O)NCc1ccc(S(N)(=O)=O)cc1. The average Bonchev–Trinajstić information content (AvgIpc) is 2.88. The van der Waals surface area contributed by atoms with Gasteiger partial charge in [-0.05, 0) is 42.7 Å². The monoisotopic (exact) mass is 359 g/mol. The number of fused-ring (bicyclic) bond motifs is 1. The molecule has 1 amide bonds. The number of rotatable bonds is 5. The fraction of sp³-hybridized carbons (Fsp3) is 0.278. The molecule has 0 bridgehead atoms. The second-order valence-electron chi connectivity index (χ2n) is 6.28. The van der Waals surface area contributed by atoms with Crippen LogP contribution in [-0.4, -0.2) is 26.9 Å². The third kappa shape index (κ3) is 4.00. The number of anilines is 1. The molecule has 0 aliphatic carbocycles. The third-order valence-electron chi connectivity index (χ3n) is 4.40. The lowest BCUT2D eigenvalue weighted by Gasteiger charge is -2.24. The lowest BCUT2D eigenvalue weighted by molar-refractivity contribution is -0.120. The molecular weight excluding hydrogens is 338 g/mol. The summed E-state index contributed by atoms with van der Waals surface area (Å²) in [6.45, 7) is 2.75. The van der Waals surface area contributed by atoms with Crippen molar-refractivity contribution in [1.29, 1.82) is 0 Å². The van der Waals surface area contributed by atoms with Crippen molar-refractivity contribution in [3.05, 3.63) is 59.7 Å². The molecule has 3 N–H and O–H groups in total. The highest BCUT2D eigenvalue weighted by Gasteiger charge is 2.26. The lowest BCUT2D eigenvalue weighted by Crippen LogP contribution is -2.39. The number of hydrogen-bond acceptors (Lipinski definition) is 4. The number of hydrogen-bond donors (Lipinski definition) is 2. The van der Waals surface area contributed by atoms with E-state index in [1.807, 2.05) is 18.2 Å². The number of para-hydroxylation sites is 1. The molecule has 0 radical (unpaired) electrons. The summed E-state index contributed by atoms with van der Waals surface area (Å²) in [7, 11) is -3.70. The van der Waals surface area contributed by atoms with Gasteiger partial charge in [0.1, 0.15) is 0 Å². The van der Waals surface area contributed by atoms with Gasteiger partial charge in [-0.25, -0.2) is 13.6 Å². The minimum atomic E-state index is -3.70. The number of nitrogens with one attached hydrogen (secondary N) is 1. The summed E-state index contributed by atoms with van der Waals surface area (Å²) in [5.41, 5.74) is 3.19. The zero-order valence-corrected chi connectivity index (χ0v) is 14.8. The van der Waals surface area contributed by atoms with Crippen LogP contribution in [0.3, 0.4) is 0 Å². The van der Waals surface area contributed by atoms with E-state index in [1.54, 1.807) is 12.1 Å². The Morgan fingerprint density at radius 1 is 1.20 bits per heavy atom. The third-order valence-corrected chi connectivity index (χ3v) is 5.33. The van der Waals surface area contributed by atoms with Gasteiger partial charge in [0.2, 0.25) is 15.9 Å². The maximum Gasteiger partial charge on any atom is 0.239 e. The van der Waals surface area contributed by atoms with Gasteiger partial charge in [0.25, 0.3) is 0 Å². The number of nitrogens with two attached hydrogens (primary N) is 1. The molecule has 1 atom stereocenters. The van der Waals surface area contributed by atoms with E-state index in [4.69, 9.17) is 5.14 Å². The van der Waals surface area contributed by atoms with Gasteiger partial charge in [0, 0.05) is 18.3 Å². The number of sulfonamides is 1. The lowest BCUT2D eigenvalue weighted by atomic mass is 10.1.